The molecule has 0 saturated carbocycles. The number of nitrogens with one attached hydrogen (secondary N) is 1. The van der Waals surface area contributed by atoms with Crippen LogP contribution in [0, 0.1) is 0 Å². The number of aliphatic imine (C=N–C) groups is 1. The van der Waals surface area contributed by atoms with Crippen LogP contribution in [0.15, 0.2) is 35.3 Å². The van der Waals surface area contributed by atoms with Gasteiger partial charge in [0.15, 0.2) is 5.96 Å². The second-order valence-corrected chi connectivity index (χ2v) is 4.74. The van der Waals surface area contributed by atoms with Crippen molar-refractivity contribution >= 4 is 29.9 Å². The lowest BCUT2D eigenvalue weighted by molar-refractivity contribution is 0.0690. The highest BCUT2D eigenvalue weighted by molar-refractivity contribution is 14.0. The first-order valence-corrected chi connectivity index (χ1v) is 7.47. The Morgan fingerprint density at radius 1 is 1.14 bits per heavy atom. The van der Waals surface area contributed by atoms with Crippen molar-refractivity contribution in [3.05, 3.63) is 35.9 Å². The molecule has 0 bridgehead atoms. The van der Waals surface area contributed by atoms with Crippen molar-refractivity contribution < 1.29 is 9.47 Å². The van der Waals surface area contributed by atoms with Gasteiger partial charge in [-0.3, -0.25) is 4.99 Å². The molecule has 5 nitrogen and oxygen atoms in total. The van der Waals surface area contributed by atoms with Crippen LogP contribution < -0.4 is 11.1 Å². The molecule has 0 radical (unpaired) electrons. The monoisotopic (exact) mass is 421 g/mol. The lowest BCUT2D eigenvalue weighted by atomic mass is 10.1. The summed E-state index contributed by atoms with van der Waals surface area (Å²) in [6.07, 6.45) is 2.92. The van der Waals surface area contributed by atoms with E-state index >= 15 is 0 Å². The largest absolute Gasteiger partial charge is 0.382 e. The van der Waals surface area contributed by atoms with E-state index in [9.17, 15) is 0 Å². The molecule has 0 aliphatic heterocycles. The summed E-state index contributed by atoms with van der Waals surface area (Å²) < 4.78 is 10.3. The fraction of sp³-hybridized carbons (Fsp3) is 0.562. The average Bonchev–Trinajstić information content (AvgIpc) is 2.51. The van der Waals surface area contributed by atoms with Gasteiger partial charge < -0.3 is 20.5 Å². The molecule has 0 heterocycles. The third-order valence-corrected chi connectivity index (χ3v) is 2.97. The minimum absolute atomic E-state index is 0. The zero-order valence-corrected chi connectivity index (χ0v) is 15.6. The zero-order valence-electron chi connectivity index (χ0n) is 13.3. The molecule has 0 unspecified atom stereocenters. The second kappa shape index (κ2) is 15.1. The third kappa shape index (κ3) is 11.8. The fourth-order valence-corrected chi connectivity index (χ4v) is 1.80. The van der Waals surface area contributed by atoms with E-state index in [2.05, 4.69) is 22.4 Å². The number of hydrogen-bond acceptors (Lipinski definition) is 3. The van der Waals surface area contributed by atoms with Crippen LogP contribution in [0.3, 0.4) is 0 Å². The number of guanidine groups is 1. The van der Waals surface area contributed by atoms with E-state index in [1.807, 2.05) is 18.2 Å². The number of ether oxygens (including phenoxy) is 2. The van der Waals surface area contributed by atoms with Gasteiger partial charge in [-0.15, -0.1) is 24.0 Å². The first-order valence-electron chi connectivity index (χ1n) is 7.47. The maximum Gasteiger partial charge on any atom is 0.188 e. The predicted octanol–water partition coefficient (Wildman–Crippen LogP) is 2.19. The lowest BCUT2D eigenvalue weighted by Crippen LogP contribution is -2.33. The molecule has 126 valence electrons. The van der Waals surface area contributed by atoms with Crippen LogP contribution in [0.1, 0.15) is 18.4 Å². The van der Waals surface area contributed by atoms with Gasteiger partial charge in [0.05, 0.1) is 13.2 Å². The molecule has 0 aliphatic carbocycles. The number of hydrogen-bond donors (Lipinski definition) is 2. The van der Waals surface area contributed by atoms with Gasteiger partial charge in [-0.1, -0.05) is 30.3 Å². The van der Waals surface area contributed by atoms with Crippen molar-refractivity contribution in [1.29, 1.82) is 0 Å². The molecule has 22 heavy (non-hydrogen) atoms. The van der Waals surface area contributed by atoms with Crippen molar-refractivity contribution in [3.8, 4) is 0 Å². The minimum Gasteiger partial charge on any atom is -0.382 e. The summed E-state index contributed by atoms with van der Waals surface area (Å²) in [6.45, 7) is 3.59. The van der Waals surface area contributed by atoms with Crippen LogP contribution in [0.25, 0.3) is 0 Å². The van der Waals surface area contributed by atoms with Gasteiger partial charge in [0, 0.05) is 26.8 Å². The number of rotatable bonds is 11. The summed E-state index contributed by atoms with van der Waals surface area (Å²) in [5.74, 6) is 0.520. The average molecular weight is 421 g/mol. The Kier molecular flexibility index (Phi) is 14.5. The molecule has 0 fully saturated rings. The maximum atomic E-state index is 5.81. The van der Waals surface area contributed by atoms with Gasteiger partial charge in [0.2, 0.25) is 0 Å². The molecular formula is C16H28IN3O2. The van der Waals surface area contributed by atoms with E-state index in [0.717, 1.165) is 39.0 Å². The van der Waals surface area contributed by atoms with E-state index in [-0.39, 0.29) is 24.0 Å². The smallest absolute Gasteiger partial charge is 0.188 e. The van der Waals surface area contributed by atoms with Gasteiger partial charge in [-0.05, 0) is 24.8 Å². The molecule has 0 saturated heterocycles. The zero-order chi connectivity index (χ0) is 15.2. The quantitative estimate of drug-likeness (QED) is 0.249. The summed E-state index contributed by atoms with van der Waals surface area (Å²) >= 11 is 0. The van der Waals surface area contributed by atoms with Crippen molar-refractivity contribution in [2.24, 2.45) is 10.7 Å². The molecule has 3 N–H and O–H groups in total. The van der Waals surface area contributed by atoms with Crippen LogP contribution in [0.5, 0.6) is 0 Å². The molecule has 0 aromatic heterocycles. The minimum atomic E-state index is 0. The predicted molar refractivity (Wildman–Crippen MR) is 102 cm³/mol. The van der Waals surface area contributed by atoms with Crippen molar-refractivity contribution in [2.75, 3.05) is 40.0 Å². The van der Waals surface area contributed by atoms with Crippen LogP contribution in [-0.2, 0) is 15.9 Å². The highest BCUT2D eigenvalue weighted by atomic mass is 127. The van der Waals surface area contributed by atoms with Crippen molar-refractivity contribution in [3.63, 3.8) is 0 Å². The van der Waals surface area contributed by atoms with E-state index in [4.69, 9.17) is 15.2 Å². The Labute approximate surface area is 150 Å². The van der Waals surface area contributed by atoms with Crippen LogP contribution >= 0.6 is 24.0 Å². The molecular weight excluding hydrogens is 393 g/mol. The first-order chi connectivity index (χ1) is 10.3. The van der Waals surface area contributed by atoms with Crippen molar-refractivity contribution in [2.45, 2.75) is 19.3 Å². The number of benzene rings is 1. The van der Waals surface area contributed by atoms with Crippen LogP contribution in [0.2, 0.25) is 0 Å². The Hall–Kier alpha value is -0.860. The van der Waals surface area contributed by atoms with Crippen LogP contribution in [0.4, 0.5) is 0 Å². The van der Waals surface area contributed by atoms with E-state index < -0.39 is 0 Å². The maximum absolute atomic E-state index is 5.81. The van der Waals surface area contributed by atoms with Crippen LogP contribution in [-0.4, -0.2) is 46.0 Å². The molecule has 0 spiro atoms. The molecule has 0 aliphatic rings. The highest BCUT2D eigenvalue weighted by Gasteiger charge is 1.94. The molecule has 1 rings (SSSR count). The molecule has 0 atom stereocenters. The summed E-state index contributed by atoms with van der Waals surface area (Å²) in [5, 5.41) is 3.13. The van der Waals surface area contributed by atoms with Crippen molar-refractivity contribution in [1.82, 2.24) is 5.32 Å². The first kappa shape index (κ1) is 21.1. The Morgan fingerprint density at radius 3 is 2.64 bits per heavy atom. The van der Waals surface area contributed by atoms with Gasteiger partial charge >= 0.3 is 0 Å². The Balaban J connectivity index is 0.00000441. The van der Waals surface area contributed by atoms with Gasteiger partial charge in [-0.25, -0.2) is 0 Å². The molecule has 6 heteroatoms. The summed E-state index contributed by atoms with van der Waals surface area (Å²) in [4.78, 5) is 4.29. The van der Waals surface area contributed by atoms with Gasteiger partial charge in [-0.2, -0.15) is 0 Å². The molecule has 0 amide bonds. The summed E-state index contributed by atoms with van der Waals surface area (Å²) in [7, 11) is 1.67. The van der Waals surface area contributed by atoms with E-state index in [1.165, 1.54) is 5.56 Å². The third-order valence-electron chi connectivity index (χ3n) is 2.97. The highest BCUT2D eigenvalue weighted by Crippen LogP contribution is 1.98. The second-order valence-electron chi connectivity index (χ2n) is 4.74. The molecule has 1 aromatic rings. The number of methoxy groups -OCH3 is 1. The number of nitrogens with two attached hydrogens (primary N) is 1. The van der Waals surface area contributed by atoms with E-state index in [1.54, 1.807) is 7.11 Å². The summed E-state index contributed by atoms with van der Waals surface area (Å²) in [5.41, 5.74) is 7.11. The normalized spacial score (nSPS) is 11.0. The topological polar surface area (TPSA) is 68.9 Å². The summed E-state index contributed by atoms with van der Waals surface area (Å²) in [6, 6.07) is 10.3. The van der Waals surface area contributed by atoms with E-state index in [0.29, 0.717) is 19.2 Å². The van der Waals surface area contributed by atoms with Gasteiger partial charge in [0.25, 0.3) is 0 Å². The molecule has 1 aromatic carbocycles. The Bertz CT molecular complexity index is 388. The Morgan fingerprint density at radius 2 is 1.91 bits per heavy atom. The standard InChI is InChI=1S/C16H27N3O2.HI/c1-20-13-14-21-12-6-5-10-18-16(17)19-11-9-15-7-3-2-4-8-15;/h2-4,7-8H,5-6,9-14H2,1H3,(H3,17,18,19);1H. The number of nitrogens with zero attached hydrogens (tertiary/aromatic N) is 1. The SMILES string of the molecule is COCCOCCCCN=C(N)NCCc1ccccc1.I. The number of halogens is 1. The lowest BCUT2D eigenvalue weighted by Gasteiger charge is -2.06. The van der Waals surface area contributed by atoms with Gasteiger partial charge in [0.1, 0.15) is 0 Å². The fourth-order valence-electron chi connectivity index (χ4n) is 1.80. The number of unbranched alkanes of at least 4 members (excludes halogenated alkanes) is 1.